The number of hydrogen-bond acceptors (Lipinski definition) is 2. The zero-order valence-electron chi connectivity index (χ0n) is 5.43. The van der Waals surface area contributed by atoms with Gasteiger partial charge in [0, 0.05) is 11.8 Å². The quantitative estimate of drug-likeness (QED) is 0.552. The highest BCUT2D eigenvalue weighted by molar-refractivity contribution is 6.21. The maximum atomic E-state index is 12.1. The van der Waals surface area contributed by atoms with Crippen molar-refractivity contribution in [3.8, 4) is 0 Å². The summed E-state index contributed by atoms with van der Waals surface area (Å²) < 4.78 is 17.4. The lowest BCUT2D eigenvalue weighted by molar-refractivity contribution is 0.169. The largest absolute Gasteiger partial charge is 0.446 e. The van der Waals surface area contributed by atoms with Crippen LogP contribution >= 0.6 is 11.8 Å². The van der Waals surface area contributed by atoms with Crippen molar-refractivity contribution in [1.82, 2.24) is 4.42 Å². The molecule has 3 nitrogen and oxygen atoms in total. The van der Waals surface area contributed by atoms with Gasteiger partial charge >= 0.3 is 6.09 Å². The Kier molecular flexibility index (Phi) is 1.72. The first-order valence-electron chi connectivity index (χ1n) is 2.79. The van der Waals surface area contributed by atoms with Gasteiger partial charge in [-0.05, 0) is 6.92 Å². The maximum Gasteiger partial charge on any atom is 0.425 e. The summed E-state index contributed by atoms with van der Waals surface area (Å²) in [4.78, 5) is 10.6. The van der Waals surface area contributed by atoms with E-state index in [1.54, 1.807) is 0 Å². The minimum Gasteiger partial charge on any atom is -0.446 e. The number of carbonyl (C=O) groups excluding carboxylic acids is 1. The number of alkyl halides is 1. The Morgan fingerprint density at radius 1 is 2.00 bits per heavy atom. The molecule has 0 aliphatic carbocycles. The molecule has 0 unspecified atom stereocenters. The maximum absolute atomic E-state index is 12.1. The molecule has 58 valence electrons. The third kappa shape index (κ3) is 0.923. The van der Waals surface area contributed by atoms with Crippen molar-refractivity contribution in [1.29, 1.82) is 0 Å². The summed E-state index contributed by atoms with van der Waals surface area (Å²) in [5.41, 5.74) is -0.974. The fourth-order valence-electron chi connectivity index (χ4n) is 0.642. The van der Waals surface area contributed by atoms with E-state index in [-0.39, 0.29) is 6.61 Å². The van der Waals surface area contributed by atoms with Crippen LogP contribution in [0.5, 0.6) is 0 Å². The van der Waals surface area contributed by atoms with Crippen LogP contribution in [0.15, 0.2) is 0 Å². The number of nitrogens with zero attached hydrogens (tertiary/aromatic N) is 1. The number of amides is 1. The predicted octanol–water partition coefficient (Wildman–Crippen LogP) is 1.32. The average molecular weight is 168 g/mol. The Bertz CT molecular complexity index is 166. The third-order valence-electron chi connectivity index (χ3n) is 1.43. The van der Waals surface area contributed by atoms with Gasteiger partial charge in [-0.15, -0.1) is 0 Å². The summed E-state index contributed by atoms with van der Waals surface area (Å²) in [7, 11) is 0. The van der Waals surface area contributed by atoms with Crippen LogP contribution in [0.25, 0.3) is 0 Å². The summed E-state index contributed by atoms with van der Waals surface area (Å²) in [5, 5.41) is 0. The number of ether oxygens (including phenoxy) is 1. The van der Waals surface area contributed by atoms with Gasteiger partial charge in [-0.1, -0.05) is 0 Å². The van der Waals surface area contributed by atoms with Gasteiger partial charge in [0.05, 0.1) is 0 Å². The van der Waals surface area contributed by atoms with Crippen LogP contribution in [-0.4, -0.2) is 29.3 Å². The molecule has 0 N–H and O–H groups in total. The van der Waals surface area contributed by atoms with E-state index in [9.17, 15) is 9.18 Å². The molecule has 0 aromatic carbocycles. The molecule has 1 rings (SSSR count). The molecule has 1 aliphatic rings. The molecular formula is C5H7ClFNO2. The molecule has 0 saturated carbocycles. The van der Waals surface area contributed by atoms with E-state index in [0.717, 1.165) is 4.42 Å². The first kappa shape index (κ1) is 7.60. The van der Waals surface area contributed by atoms with Crippen LogP contribution in [0.1, 0.15) is 6.92 Å². The van der Waals surface area contributed by atoms with Crippen molar-refractivity contribution < 1.29 is 13.9 Å². The topological polar surface area (TPSA) is 29.5 Å². The SMILES string of the molecule is C[C@]1(CF)COC(=O)N1Cl. The minimum atomic E-state index is -0.974. The minimum absolute atomic E-state index is 0.0197. The molecule has 0 spiro atoms. The Labute approximate surface area is 62.8 Å². The van der Waals surface area contributed by atoms with Gasteiger partial charge in [0.2, 0.25) is 0 Å². The Balaban J connectivity index is 2.73. The van der Waals surface area contributed by atoms with Crippen molar-refractivity contribution in [2.24, 2.45) is 0 Å². The fourth-order valence-corrected chi connectivity index (χ4v) is 0.785. The lowest BCUT2D eigenvalue weighted by Crippen LogP contribution is -2.40. The smallest absolute Gasteiger partial charge is 0.425 e. The van der Waals surface area contributed by atoms with Crippen LogP contribution in [-0.2, 0) is 4.74 Å². The Hall–Kier alpha value is -0.510. The third-order valence-corrected chi connectivity index (χ3v) is 1.97. The van der Waals surface area contributed by atoms with E-state index in [1.165, 1.54) is 6.92 Å². The van der Waals surface area contributed by atoms with Gasteiger partial charge in [-0.2, -0.15) is 0 Å². The van der Waals surface area contributed by atoms with Crippen molar-refractivity contribution in [2.45, 2.75) is 12.5 Å². The molecule has 0 radical (unpaired) electrons. The highest BCUT2D eigenvalue weighted by atomic mass is 35.5. The molecule has 1 heterocycles. The monoisotopic (exact) mass is 167 g/mol. The highest BCUT2D eigenvalue weighted by Crippen LogP contribution is 2.26. The van der Waals surface area contributed by atoms with E-state index in [2.05, 4.69) is 4.74 Å². The van der Waals surface area contributed by atoms with Gasteiger partial charge in [-0.3, -0.25) is 0 Å². The summed E-state index contributed by atoms with van der Waals surface area (Å²) >= 11 is 5.39. The van der Waals surface area contributed by atoms with Crippen LogP contribution in [0, 0.1) is 0 Å². The van der Waals surface area contributed by atoms with Crippen LogP contribution in [0.2, 0.25) is 0 Å². The van der Waals surface area contributed by atoms with Crippen molar-refractivity contribution in [3.63, 3.8) is 0 Å². The second-order valence-corrected chi connectivity index (χ2v) is 2.80. The first-order valence-corrected chi connectivity index (χ1v) is 3.13. The van der Waals surface area contributed by atoms with E-state index in [1.807, 2.05) is 0 Å². The van der Waals surface area contributed by atoms with Crippen LogP contribution in [0.3, 0.4) is 0 Å². The molecule has 5 heteroatoms. The molecule has 0 bridgehead atoms. The molecule has 0 aromatic rings. The summed E-state index contributed by atoms with van der Waals surface area (Å²) in [6.45, 7) is 0.846. The predicted molar refractivity (Wildman–Crippen MR) is 33.4 cm³/mol. The second kappa shape index (κ2) is 2.27. The van der Waals surface area contributed by atoms with Crippen LogP contribution in [0.4, 0.5) is 9.18 Å². The molecule has 1 amide bonds. The standard InChI is InChI=1S/C5H7ClFNO2/c1-5(2-7)3-10-4(9)8(5)6/h2-3H2,1H3/t5-/m0/s1. The molecular weight excluding hydrogens is 161 g/mol. The number of rotatable bonds is 1. The number of halogens is 2. The number of carbonyl (C=O) groups is 1. The summed E-state index contributed by atoms with van der Waals surface area (Å²) in [5.74, 6) is 0. The van der Waals surface area contributed by atoms with Crippen molar-refractivity contribution in [3.05, 3.63) is 0 Å². The Morgan fingerprint density at radius 2 is 2.60 bits per heavy atom. The van der Waals surface area contributed by atoms with E-state index in [4.69, 9.17) is 11.8 Å². The van der Waals surface area contributed by atoms with E-state index in [0.29, 0.717) is 0 Å². The molecule has 1 aliphatic heterocycles. The lowest BCUT2D eigenvalue weighted by Gasteiger charge is -2.21. The van der Waals surface area contributed by atoms with Gasteiger partial charge in [0.15, 0.2) is 0 Å². The zero-order chi connectivity index (χ0) is 7.78. The molecule has 1 atom stereocenters. The fraction of sp³-hybridized carbons (Fsp3) is 0.800. The van der Waals surface area contributed by atoms with Crippen molar-refractivity contribution >= 4 is 17.9 Å². The van der Waals surface area contributed by atoms with Gasteiger partial charge < -0.3 is 4.74 Å². The zero-order valence-corrected chi connectivity index (χ0v) is 6.19. The van der Waals surface area contributed by atoms with Crippen molar-refractivity contribution in [2.75, 3.05) is 13.3 Å². The average Bonchev–Trinajstić information content (AvgIpc) is 2.19. The lowest BCUT2D eigenvalue weighted by atomic mass is 10.1. The van der Waals surface area contributed by atoms with Gasteiger partial charge in [-0.25, -0.2) is 13.6 Å². The second-order valence-electron chi connectivity index (χ2n) is 2.47. The summed E-state index contributed by atoms with van der Waals surface area (Å²) in [6.07, 6.45) is -0.679. The van der Waals surface area contributed by atoms with E-state index < -0.39 is 18.3 Å². The molecule has 10 heavy (non-hydrogen) atoms. The normalized spacial score (nSPS) is 32.7. The molecule has 1 saturated heterocycles. The first-order chi connectivity index (χ1) is 4.60. The Morgan fingerprint density at radius 3 is 2.80 bits per heavy atom. The van der Waals surface area contributed by atoms with Crippen LogP contribution < -0.4 is 0 Å². The number of hydrogen-bond donors (Lipinski definition) is 0. The highest BCUT2D eigenvalue weighted by Gasteiger charge is 2.43. The summed E-state index contributed by atoms with van der Waals surface area (Å²) in [6, 6.07) is 0. The number of cyclic esters (lactones) is 1. The van der Waals surface area contributed by atoms with Gasteiger partial charge in [0.25, 0.3) is 0 Å². The molecule has 1 fully saturated rings. The van der Waals surface area contributed by atoms with Gasteiger partial charge in [0.1, 0.15) is 18.8 Å². The van der Waals surface area contributed by atoms with E-state index >= 15 is 0 Å². The molecule has 0 aromatic heterocycles.